The van der Waals surface area contributed by atoms with Gasteiger partial charge in [-0.1, -0.05) is 6.92 Å². The number of anilines is 2. The molecule has 0 bridgehead atoms. The molecule has 2 unspecified atom stereocenters. The van der Waals surface area contributed by atoms with Crippen LogP contribution < -0.4 is 20.7 Å². The third kappa shape index (κ3) is 3.24. The fraction of sp³-hybridized carbons (Fsp3) is 0.391. The summed E-state index contributed by atoms with van der Waals surface area (Å²) in [6.45, 7) is 3.63. The van der Waals surface area contributed by atoms with Crippen LogP contribution in [-0.4, -0.2) is 51.1 Å². The number of rotatable bonds is 5. The average molecular weight is 449 g/mol. The van der Waals surface area contributed by atoms with E-state index in [0.717, 1.165) is 60.3 Å². The molecule has 170 valence electrons. The standard InChI is InChI=1S/C23H25FN8O/c1-3-17-27-9-13(10-28-17)33-22-30-20-18(14-6-12(24)7-15(26-2)19(14)29-20)21(31-22)32-5-4-23(11-32)8-16(23)25/h6-7,9-10,16,26H,3-5,8,11,25H2,1-2H3,(H,29,30,31). The maximum absolute atomic E-state index is 14.4. The summed E-state index contributed by atoms with van der Waals surface area (Å²) >= 11 is 0. The highest BCUT2D eigenvalue weighted by atomic mass is 19.1. The molecular formula is C23H25FN8O. The Bertz CT molecular complexity index is 1370. The molecule has 4 aromatic rings. The number of aromatic nitrogens is 5. The molecule has 1 saturated carbocycles. The summed E-state index contributed by atoms with van der Waals surface area (Å²) in [4.78, 5) is 23.5. The van der Waals surface area contributed by atoms with Gasteiger partial charge >= 0.3 is 6.01 Å². The summed E-state index contributed by atoms with van der Waals surface area (Å²) < 4.78 is 20.4. The van der Waals surface area contributed by atoms with E-state index in [2.05, 4.69) is 30.2 Å². The lowest BCUT2D eigenvalue weighted by Crippen LogP contribution is -2.24. The Balaban J connectivity index is 1.50. The molecule has 3 aromatic heterocycles. The molecule has 6 rings (SSSR count). The number of fused-ring (bicyclic) bond motifs is 3. The Labute approximate surface area is 189 Å². The van der Waals surface area contributed by atoms with Crippen molar-refractivity contribution in [3.8, 4) is 11.8 Å². The zero-order valence-corrected chi connectivity index (χ0v) is 18.5. The van der Waals surface area contributed by atoms with Gasteiger partial charge in [0.05, 0.1) is 29.0 Å². The molecule has 2 fully saturated rings. The van der Waals surface area contributed by atoms with E-state index < -0.39 is 0 Å². The minimum Gasteiger partial charge on any atom is -0.421 e. The van der Waals surface area contributed by atoms with Crippen molar-refractivity contribution in [2.75, 3.05) is 30.4 Å². The summed E-state index contributed by atoms with van der Waals surface area (Å²) in [5.41, 5.74) is 8.40. The van der Waals surface area contributed by atoms with Gasteiger partial charge in [0.1, 0.15) is 23.1 Å². The molecule has 4 N–H and O–H groups in total. The van der Waals surface area contributed by atoms with E-state index in [0.29, 0.717) is 17.1 Å². The highest BCUT2D eigenvalue weighted by Gasteiger charge is 2.56. The molecule has 1 spiro atoms. The monoisotopic (exact) mass is 448 g/mol. The molecular weight excluding hydrogens is 423 g/mol. The maximum atomic E-state index is 14.4. The number of nitrogens with two attached hydrogens (primary N) is 1. The second-order valence-electron chi connectivity index (χ2n) is 8.94. The number of hydrogen-bond acceptors (Lipinski definition) is 8. The van der Waals surface area contributed by atoms with Gasteiger partial charge in [-0.05, 0) is 25.0 Å². The number of nitrogens with zero attached hydrogens (tertiary/aromatic N) is 5. The third-order valence-electron chi connectivity index (χ3n) is 6.90. The van der Waals surface area contributed by atoms with Crippen LogP contribution in [0.3, 0.4) is 0 Å². The molecule has 33 heavy (non-hydrogen) atoms. The first kappa shape index (κ1) is 20.1. The van der Waals surface area contributed by atoms with E-state index in [1.165, 1.54) is 12.1 Å². The van der Waals surface area contributed by atoms with Crippen LogP contribution in [-0.2, 0) is 6.42 Å². The highest BCUT2D eigenvalue weighted by Crippen LogP contribution is 2.53. The number of H-pyrrole nitrogens is 1. The van der Waals surface area contributed by atoms with Gasteiger partial charge < -0.3 is 25.7 Å². The van der Waals surface area contributed by atoms with Crippen molar-refractivity contribution < 1.29 is 9.13 Å². The Morgan fingerprint density at radius 3 is 2.76 bits per heavy atom. The van der Waals surface area contributed by atoms with Gasteiger partial charge in [0.25, 0.3) is 0 Å². The number of benzene rings is 1. The normalized spacial score (nSPS) is 21.9. The minimum atomic E-state index is -0.325. The topological polar surface area (TPSA) is 118 Å². The van der Waals surface area contributed by atoms with Crippen molar-refractivity contribution in [3.05, 3.63) is 36.2 Å². The zero-order chi connectivity index (χ0) is 22.7. The maximum Gasteiger partial charge on any atom is 0.326 e. The first-order valence-corrected chi connectivity index (χ1v) is 11.2. The van der Waals surface area contributed by atoms with Gasteiger partial charge in [-0.15, -0.1) is 0 Å². The van der Waals surface area contributed by atoms with Crippen LogP contribution in [0, 0.1) is 11.2 Å². The zero-order valence-electron chi connectivity index (χ0n) is 18.5. The molecule has 9 nitrogen and oxygen atoms in total. The average Bonchev–Trinajstić information content (AvgIpc) is 3.13. The molecule has 0 radical (unpaired) electrons. The lowest BCUT2D eigenvalue weighted by Gasteiger charge is -2.19. The first-order valence-electron chi connectivity index (χ1n) is 11.2. The third-order valence-corrected chi connectivity index (χ3v) is 6.90. The van der Waals surface area contributed by atoms with Gasteiger partial charge in [0.2, 0.25) is 0 Å². The van der Waals surface area contributed by atoms with E-state index in [4.69, 9.17) is 15.5 Å². The van der Waals surface area contributed by atoms with Crippen molar-refractivity contribution in [2.24, 2.45) is 11.1 Å². The Kier molecular flexibility index (Phi) is 4.41. The fourth-order valence-corrected chi connectivity index (χ4v) is 4.90. The van der Waals surface area contributed by atoms with Crippen LogP contribution in [0.15, 0.2) is 24.5 Å². The van der Waals surface area contributed by atoms with Crippen LogP contribution in [0.2, 0.25) is 0 Å². The largest absolute Gasteiger partial charge is 0.421 e. The highest BCUT2D eigenvalue weighted by molar-refractivity contribution is 6.14. The number of aromatic amines is 1. The van der Waals surface area contributed by atoms with E-state index in [1.54, 1.807) is 19.4 Å². The molecule has 1 aliphatic heterocycles. The second kappa shape index (κ2) is 7.24. The summed E-state index contributed by atoms with van der Waals surface area (Å²) in [6, 6.07) is 3.39. The Morgan fingerprint density at radius 1 is 1.30 bits per heavy atom. The lowest BCUT2D eigenvalue weighted by molar-refractivity contribution is 0.439. The molecule has 10 heteroatoms. The Morgan fingerprint density at radius 2 is 2.09 bits per heavy atom. The molecule has 2 aliphatic rings. The van der Waals surface area contributed by atoms with E-state index in [-0.39, 0.29) is 23.3 Å². The van der Waals surface area contributed by atoms with Gasteiger partial charge in [0.15, 0.2) is 5.75 Å². The van der Waals surface area contributed by atoms with Crippen LogP contribution in [0.25, 0.3) is 21.9 Å². The summed E-state index contributed by atoms with van der Waals surface area (Å²) in [5, 5.41) is 4.56. The van der Waals surface area contributed by atoms with Gasteiger partial charge in [0, 0.05) is 43.4 Å². The smallest absolute Gasteiger partial charge is 0.326 e. The SMILES string of the molecule is CCc1ncc(Oc2nc(N3CCC4(CC4N)C3)c3c(n2)[nH]c2c(NC)cc(F)cc23)cn1. The molecule has 1 aliphatic carbocycles. The van der Waals surface area contributed by atoms with Crippen molar-refractivity contribution in [2.45, 2.75) is 32.2 Å². The number of hydrogen-bond donors (Lipinski definition) is 3. The fourth-order valence-electron chi connectivity index (χ4n) is 4.90. The van der Waals surface area contributed by atoms with Crippen molar-refractivity contribution >= 4 is 33.4 Å². The summed E-state index contributed by atoms with van der Waals surface area (Å²) in [6.07, 6.45) is 6.01. The minimum absolute atomic E-state index is 0.148. The van der Waals surface area contributed by atoms with Crippen LogP contribution in [0.1, 0.15) is 25.6 Å². The number of ether oxygens (including phenoxy) is 1. The quantitative estimate of drug-likeness (QED) is 0.425. The van der Waals surface area contributed by atoms with Crippen LogP contribution in [0.5, 0.6) is 11.8 Å². The van der Waals surface area contributed by atoms with Crippen molar-refractivity contribution in [1.82, 2.24) is 24.9 Å². The molecule has 1 aromatic carbocycles. The van der Waals surface area contributed by atoms with E-state index in [9.17, 15) is 4.39 Å². The summed E-state index contributed by atoms with van der Waals surface area (Å²) in [7, 11) is 1.76. The molecule has 4 heterocycles. The molecule has 2 atom stereocenters. The molecule has 0 amide bonds. The molecule has 1 saturated heterocycles. The second-order valence-corrected chi connectivity index (χ2v) is 8.94. The Hall–Kier alpha value is -3.53. The predicted octanol–water partition coefficient (Wildman–Crippen LogP) is 3.36. The predicted molar refractivity (Wildman–Crippen MR) is 124 cm³/mol. The lowest BCUT2D eigenvalue weighted by atomic mass is 10.1. The van der Waals surface area contributed by atoms with E-state index in [1.807, 2.05) is 6.92 Å². The van der Waals surface area contributed by atoms with Gasteiger partial charge in [-0.25, -0.2) is 14.4 Å². The van der Waals surface area contributed by atoms with Crippen LogP contribution >= 0.6 is 0 Å². The van der Waals surface area contributed by atoms with E-state index >= 15 is 0 Å². The van der Waals surface area contributed by atoms with Crippen LogP contribution in [0.4, 0.5) is 15.9 Å². The number of nitrogens with one attached hydrogen (secondary N) is 2. The van der Waals surface area contributed by atoms with Gasteiger partial charge in [-0.3, -0.25) is 0 Å². The van der Waals surface area contributed by atoms with Crippen molar-refractivity contribution in [1.29, 1.82) is 0 Å². The number of halogens is 1. The number of aryl methyl sites for hydroxylation is 1. The first-order chi connectivity index (χ1) is 16.0. The van der Waals surface area contributed by atoms with Gasteiger partial charge in [-0.2, -0.15) is 9.97 Å². The summed E-state index contributed by atoms with van der Waals surface area (Å²) in [5.74, 6) is 1.59. The van der Waals surface area contributed by atoms with Crippen molar-refractivity contribution in [3.63, 3.8) is 0 Å².